The van der Waals surface area contributed by atoms with E-state index in [0.29, 0.717) is 24.5 Å². The van der Waals surface area contributed by atoms with Gasteiger partial charge in [-0.1, -0.05) is 206 Å². The molecule has 0 unspecified atom stereocenters. The summed E-state index contributed by atoms with van der Waals surface area (Å²) in [6.45, 7) is 5.78. The molecule has 1 aromatic carbocycles. The Labute approximate surface area is 307 Å². The third-order valence-electron chi connectivity index (χ3n) is 10.2. The van der Waals surface area contributed by atoms with Gasteiger partial charge in [-0.15, -0.1) is 0 Å². The second kappa shape index (κ2) is 33.7. The number of nitrogens with zero attached hydrogens (tertiary/aromatic N) is 2. The predicted octanol–water partition coefficient (Wildman–Crippen LogP) is 14.8. The van der Waals surface area contributed by atoms with E-state index in [9.17, 15) is 20.2 Å². The average molecular weight is 703 g/mol. The summed E-state index contributed by atoms with van der Waals surface area (Å²) < 4.78 is 0. The standard InChI is InChI=1S/C42H78N4O4/c1-3-5-7-9-11-13-15-17-19-21-23-25-27-29-31-33-35-43-39-37-40(42(46(49)50)38-41(39)45(47)48)44-36-34-32-30-28-26-24-22-20-18-16-14-12-10-8-6-4-2/h37-38,43-44H,3-36H2,1-2H3. The van der Waals surface area contributed by atoms with Crippen molar-refractivity contribution in [2.75, 3.05) is 23.7 Å². The Morgan fingerprint density at radius 3 is 0.820 bits per heavy atom. The smallest absolute Gasteiger partial charge is 0.299 e. The van der Waals surface area contributed by atoms with E-state index >= 15 is 0 Å². The Kier molecular flexibility index (Phi) is 30.8. The zero-order valence-electron chi connectivity index (χ0n) is 32.7. The van der Waals surface area contributed by atoms with E-state index in [0.717, 1.165) is 31.7 Å². The summed E-state index contributed by atoms with van der Waals surface area (Å²) in [6, 6.07) is 2.67. The maximum Gasteiger partial charge on any atom is 0.299 e. The van der Waals surface area contributed by atoms with Crippen molar-refractivity contribution >= 4 is 22.7 Å². The summed E-state index contributed by atoms with van der Waals surface area (Å²) in [4.78, 5) is 22.4. The molecule has 290 valence electrons. The topological polar surface area (TPSA) is 110 Å². The normalized spacial score (nSPS) is 11.2. The van der Waals surface area contributed by atoms with Crippen molar-refractivity contribution in [1.29, 1.82) is 0 Å². The molecule has 0 aromatic heterocycles. The monoisotopic (exact) mass is 703 g/mol. The largest absolute Gasteiger partial charge is 0.379 e. The van der Waals surface area contributed by atoms with Gasteiger partial charge in [-0.25, -0.2) is 0 Å². The molecule has 8 heteroatoms. The number of nitro benzene ring substituents is 2. The van der Waals surface area contributed by atoms with Crippen molar-refractivity contribution in [3.05, 3.63) is 32.4 Å². The van der Waals surface area contributed by atoms with E-state index < -0.39 is 9.85 Å². The molecule has 0 heterocycles. The molecule has 0 aliphatic rings. The summed E-state index contributed by atoms with van der Waals surface area (Å²) >= 11 is 0. The van der Waals surface area contributed by atoms with E-state index in [1.807, 2.05) is 0 Å². The summed E-state index contributed by atoms with van der Waals surface area (Å²) in [5, 5.41) is 29.9. The number of anilines is 2. The lowest BCUT2D eigenvalue weighted by Crippen LogP contribution is -2.09. The molecule has 0 aliphatic heterocycles. The first kappa shape index (κ1) is 45.6. The minimum atomic E-state index is -0.525. The first-order valence-corrected chi connectivity index (χ1v) is 21.5. The molecule has 0 spiro atoms. The van der Waals surface area contributed by atoms with Crippen LogP contribution in [0.5, 0.6) is 0 Å². The first-order valence-electron chi connectivity index (χ1n) is 21.5. The highest BCUT2D eigenvalue weighted by Gasteiger charge is 2.24. The number of nitrogens with one attached hydrogen (secondary N) is 2. The van der Waals surface area contributed by atoms with Crippen LogP contribution in [-0.2, 0) is 0 Å². The van der Waals surface area contributed by atoms with Crippen molar-refractivity contribution in [2.45, 2.75) is 219 Å². The molecule has 0 radical (unpaired) electrons. The van der Waals surface area contributed by atoms with Gasteiger partial charge >= 0.3 is 0 Å². The van der Waals surface area contributed by atoms with Gasteiger partial charge in [-0.05, 0) is 18.9 Å². The fraction of sp³-hybridized carbons (Fsp3) is 0.857. The number of unbranched alkanes of at least 4 members (excludes halogenated alkanes) is 30. The molecule has 0 amide bonds. The lowest BCUT2D eigenvalue weighted by Gasteiger charge is -2.12. The van der Waals surface area contributed by atoms with Crippen LogP contribution in [0.15, 0.2) is 12.1 Å². The van der Waals surface area contributed by atoms with Crippen molar-refractivity contribution in [2.24, 2.45) is 0 Å². The maximum absolute atomic E-state index is 11.7. The fourth-order valence-electron chi connectivity index (χ4n) is 6.95. The van der Waals surface area contributed by atoms with Crippen LogP contribution in [0.25, 0.3) is 0 Å². The molecule has 0 saturated heterocycles. The number of rotatable bonds is 38. The quantitative estimate of drug-likeness (QED) is 0.0403. The van der Waals surface area contributed by atoms with E-state index in [2.05, 4.69) is 24.5 Å². The number of nitro groups is 2. The summed E-state index contributed by atoms with van der Waals surface area (Å²) in [5.41, 5.74) is 0.245. The van der Waals surface area contributed by atoms with Crippen LogP contribution >= 0.6 is 0 Å². The van der Waals surface area contributed by atoms with Crippen LogP contribution in [0.1, 0.15) is 219 Å². The Hall–Kier alpha value is -2.38. The van der Waals surface area contributed by atoms with Crippen LogP contribution in [0.3, 0.4) is 0 Å². The molecule has 1 aromatic rings. The minimum absolute atomic E-state index is 0.235. The zero-order chi connectivity index (χ0) is 36.3. The minimum Gasteiger partial charge on any atom is -0.379 e. The highest BCUT2D eigenvalue weighted by molar-refractivity contribution is 5.76. The van der Waals surface area contributed by atoms with Gasteiger partial charge in [0.2, 0.25) is 0 Å². The SMILES string of the molecule is CCCCCCCCCCCCCCCCCCNc1cc(NCCCCCCCCCCCCCCCCCC)c([N+](=O)[O-])cc1[N+](=O)[O-]. The van der Waals surface area contributed by atoms with E-state index in [1.165, 1.54) is 180 Å². The lowest BCUT2D eigenvalue weighted by atomic mass is 10.0. The van der Waals surface area contributed by atoms with Crippen LogP contribution in [0, 0.1) is 20.2 Å². The summed E-state index contributed by atoms with van der Waals surface area (Å²) in [6.07, 6.45) is 41.7. The van der Waals surface area contributed by atoms with Gasteiger partial charge in [0.25, 0.3) is 11.4 Å². The van der Waals surface area contributed by atoms with Crippen LogP contribution in [0.2, 0.25) is 0 Å². The summed E-state index contributed by atoms with van der Waals surface area (Å²) in [7, 11) is 0. The predicted molar refractivity (Wildman–Crippen MR) is 216 cm³/mol. The molecule has 0 saturated carbocycles. The Balaban J connectivity index is 2.19. The molecule has 2 N–H and O–H groups in total. The fourth-order valence-corrected chi connectivity index (χ4v) is 6.95. The highest BCUT2D eigenvalue weighted by atomic mass is 16.6. The van der Waals surface area contributed by atoms with E-state index in [-0.39, 0.29) is 11.4 Å². The molecule has 0 aliphatic carbocycles. The Morgan fingerprint density at radius 1 is 0.380 bits per heavy atom. The second-order valence-corrected chi connectivity index (χ2v) is 14.9. The highest BCUT2D eigenvalue weighted by Crippen LogP contribution is 2.36. The number of hydrogen-bond donors (Lipinski definition) is 2. The Morgan fingerprint density at radius 2 is 0.600 bits per heavy atom. The van der Waals surface area contributed by atoms with Gasteiger partial charge in [0.1, 0.15) is 11.4 Å². The number of hydrogen-bond acceptors (Lipinski definition) is 6. The molecular formula is C42H78N4O4. The van der Waals surface area contributed by atoms with E-state index in [4.69, 9.17) is 0 Å². The average Bonchev–Trinajstić information content (AvgIpc) is 3.10. The van der Waals surface area contributed by atoms with Gasteiger partial charge in [-0.2, -0.15) is 0 Å². The van der Waals surface area contributed by atoms with Crippen LogP contribution < -0.4 is 10.6 Å². The first-order chi connectivity index (χ1) is 24.5. The van der Waals surface area contributed by atoms with Crippen molar-refractivity contribution in [3.63, 3.8) is 0 Å². The van der Waals surface area contributed by atoms with Gasteiger partial charge < -0.3 is 10.6 Å². The van der Waals surface area contributed by atoms with Gasteiger partial charge in [-0.3, -0.25) is 20.2 Å². The van der Waals surface area contributed by atoms with E-state index in [1.54, 1.807) is 6.07 Å². The third kappa shape index (κ3) is 25.6. The number of benzene rings is 1. The molecule has 50 heavy (non-hydrogen) atoms. The van der Waals surface area contributed by atoms with Gasteiger partial charge in [0.15, 0.2) is 0 Å². The zero-order valence-corrected chi connectivity index (χ0v) is 32.7. The van der Waals surface area contributed by atoms with Crippen LogP contribution in [-0.4, -0.2) is 22.9 Å². The lowest BCUT2D eigenvalue weighted by molar-refractivity contribution is -0.393. The van der Waals surface area contributed by atoms with Gasteiger partial charge in [0.05, 0.1) is 15.9 Å². The Bertz CT molecular complexity index is 887. The molecule has 0 bridgehead atoms. The third-order valence-corrected chi connectivity index (χ3v) is 10.2. The van der Waals surface area contributed by atoms with Crippen molar-refractivity contribution < 1.29 is 9.85 Å². The molecule has 0 fully saturated rings. The van der Waals surface area contributed by atoms with Crippen LogP contribution in [0.4, 0.5) is 22.7 Å². The molecule has 8 nitrogen and oxygen atoms in total. The van der Waals surface area contributed by atoms with Crippen molar-refractivity contribution in [1.82, 2.24) is 0 Å². The summed E-state index contributed by atoms with van der Waals surface area (Å²) in [5.74, 6) is 0. The molecular weight excluding hydrogens is 624 g/mol. The molecule has 1 rings (SSSR count). The maximum atomic E-state index is 11.7. The van der Waals surface area contributed by atoms with Crippen molar-refractivity contribution in [3.8, 4) is 0 Å². The van der Waals surface area contributed by atoms with Gasteiger partial charge in [0, 0.05) is 13.1 Å². The second-order valence-electron chi connectivity index (χ2n) is 14.9. The molecule has 0 atom stereocenters.